The fourth-order valence-corrected chi connectivity index (χ4v) is 4.68. The summed E-state index contributed by atoms with van der Waals surface area (Å²) in [4.78, 5) is 33.0. The van der Waals surface area contributed by atoms with Crippen molar-refractivity contribution in [3.05, 3.63) is 60.4 Å². The Morgan fingerprint density at radius 3 is 2.71 bits per heavy atom. The molecule has 0 spiro atoms. The number of aromatic nitrogens is 1. The number of hydrogen-bond acceptors (Lipinski definition) is 4. The van der Waals surface area contributed by atoms with Crippen molar-refractivity contribution in [3.8, 4) is 0 Å². The lowest BCUT2D eigenvalue weighted by atomic mass is 9.81. The van der Waals surface area contributed by atoms with Crippen LogP contribution in [0.1, 0.15) is 24.8 Å². The molecule has 1 saturated carbocycles. The maximum atomic E-state index is 13.1. The number of carbonyl (C=O) groups is 2. The number of anilines is 1. The largest absolute Gasteiger partial charge is 0.481 e. The summed E-state index contributed by atoms with van der Waals surface area (Å²) in [5, 5.41) is 9.77. The molecule has 0 bridgehead atoms. The molecule has 2 atom stereocenters. The van der Waals surface area contributed by atoms with Crippen molar-refractivity contribution in [3.63, 3.8) is 0 Å². The van der Waals surface area contributed by atoms with E-state index in [0.717, 1.165) is 24.1 Å². The summed E-state index contributed by atoms with van der Waals surface area (Å²) in [7, 11) is 0. The predicted octanol–water partition coefficient (Wildman–Crippen LogP) is 2.80. The lowest BCUT2D eigenvalue weighted by molar-refractivity contribution is -0.149. The van der Waals surface area contributed by atoms with Gasteiger partial charge in [-0.1, -0.05) is 30.7 Å². The van der Waals surface area contributed by atoms with Crippen LogP contribution in [-0.2, 0) is 16.1 Å². The number of rotatable bonds is 6. The van der Waals surface area contributed by atoms with Gasteiger partial charge >= 0.3 is 5.97 Å². The summed E-state index contributed by atoms with van der Waals surface area (Å²) < 4.78 is 0. The summed E-state index contributed by atoms with van der Waals surface area (Å²) in [6.07, 6.45) is 6.05. The molecule has 1 aromatic heterocycles. The van der Waals surface area contributed by atoms with Crippen molar-refractivity contribution in [1.29, 1.82) is 0 Å². The van der Waals surface area contributed by atoms with Crippen LogP contribution in [0.2, 0.25) is 0 Å². The first kappa shape index (κ1) is 18.5. The van der Waals surface area contributed by atoms with Gasteiger partial charge in [0.05, 0.1) is 12.0 Å². The smallest absolute Gasteiger partial charge is 0.311 e. The number of amides is 1. The van der Waals surface area contributed by atoms with Crippen LogP contribution in [0.3, 0.4) is 0 Å². The Labute approximate surface area is 164 Å². The topological polar surface area (TPSA) is 73.7 Å². The lowest BCUT2D eigenvalue weighted by Gasteiger charge is -2.28. The first-order chi connectivity index (χ1) is 13.6. The van der Waals surface area contributed by atoms with Gasteiger partial charge in [0.15, 0.2) is 0 Å². The number of carbonyl (C=O) groups excluding carboxylic acids is 1. The molecular weight excluding hydrogens is 354 g/mol. The van der Waals surface area contributed by atoms with E-state index in [1.807, 2.05) is 47.4 Å². The van der Waals surface area contributed by atoms with Gasteiger partial charge in [0.25, 0.3) is 0 Å². The molecule has 1 amide bonds. The minimum atomic E-state index is -0.749. The van der Waals surface area contributed by atoms with E-state index >= 15 is 0 Å². The fourth-order valence-electron chi connectivity index (χ4n) is 4.68. The van der Waals surface area contributed by atoms with Gasteiger partial charge in [-0.3, -0.25) is 14.6 Å². The van der Waals surface area contributed by atoms with Gasteiger partial charge in [-0.2, -0.15) is 0 Å². The van der Waals surface area contributed by atoms with Gasteiger partial charge in [-0.05, 0) is 42.5 Å². The van der Waals surface area contributed by atoms with Crippen LogP contribution in [0.15, 0.2) is 54.9 Å². The highest BCUT2D eigenvalue weighted by Gasteiger charge is 2.55. The van der Waals surface area contributed by atoms with Crippen LogP contribution in [0.4, 0.5) is 5.69 Å². The fraction of sp³-hybridized carbons (Fsp3) is 0.409. The molecule has 1 aromatic carbocycles. The lowest BCUT2D eigenvalue weighted by Crippen LogP contribution is -2.41. The number of pyridine rings is 1. The Hall–Kier alpha value is -2.89. The molecular formula is C22H25N3O3. The Morgan fingerprint density at radius 1 is 1.21 bits per heavy atom. The molecule has 0 unspecified atom stereocenters. The van der Waals surface area contributed by atoms with Crippen LogP contribution < -0.4 is 4.90 Å². The van der Waals surface area contributed by atoms with Crippen LogP contribution >= 0.6 is 0 Å². The van der Waals surface area contributed by atoms with Gasteiger partial charge in [0.2, 0.25) is 5.91 Å². The third kappa shape index (κ3) is 3.46. The third-order valence-electron chi connectivity index (χ3n) is 6.19. The maximum Gasteiger partial charge on any atom is 0.311 e. The molecule has 146 valence electrons. The van der Waals surface area contributed by atoms with E-state index in [-0.39, 0.29) is 18.4 Å². The molecule has 2 fully saturated rings. The molecule has 1 aliphatic heterocycles. The number of carboxylic acid groups (broad SMARTS) is 1. The molecule has 6 nitrogen and oxygen atoms in total. The molecule has 2 heterocycles. The molecule has 4 rings (SSSR count). The third-order valence-corrected chi connectivity index (χ3v) is 6.19. The van der Waals surface area contributed by atoms with E-state index in [9.17, 15) is 14.7 Å². The molecule has 1 aliphatic carbocycles. The van der Waals surface area contributed by atoms with Gasteiger partial charge in [-0.15, -0.1) is 0 Å². The van der Waals surface area contributed by atoms with Crippen molar-refractivity contribution in [2.45, 2.75) is 25.8 Å². The Bertz CT molecular complexity index is 843. The summed E-state index contributed by atoms with van der Waals surface area (Å²) in [5.41, 5.74) is 1.25. The summed E-state index contributed by atoms with van der Waals surface area (Å²) in [6, 6.07) is 13.7. The number of para-hydroxylation sites is 1. The van der Waals surface area contributed by atoms with Crippen molar-refractivity contribution in [1.82, 2.24) is 9.88 Å². The monoisotopic (exact) mass is 379 g/mol. The normalized spacial score (nSPS) is 23.4. The average Bonchev–Trinajstić information content (AvgIpc) is 3.28. The van der Waals surface area contributed by atoms with Crippen LogP contribution in [0, 0.1) is 11.3 Å². The molecule has 1 N–H and O–H groups in total. The number of likely N-dealkylation sites (tertiary alicyclic amines) is 1. The van der Waals surface area contributed by atoms with E-state index in [4.69, 9.17) is 0 Å². The minimum Gasteiger partial charge on any atom is -0.481 e. The number of aliphatic carboxylic acids is 1. The van der Waals surface area contributed by atoms with Crippen LogP contribution in [0.5, 0.6) is 0 Å². The number of hydrogen-bond donors (Lipinski definition) is 1. The zero-order valence-electron chi connectivity index (χ0n) is 15.8. The first-order valence-electron chi connectivity index (χ1n) is 9.78. The summed E-state index contributed by atoms with van der Waals surface area (Å²) >= 11 is 0. The number of carboxylic acids is 1. The Balaban J connectivity index is 1.51. The first-order valence-corrected chi connectivity index (χ1v) is 9.78. The Morgan fingerprint density at radius 2 is 2.04 bits per heavy atom. The minimum absolute atomic E-state index is 0.0113. The summed E-state index contributed by atoms with van der Waals surface area (Å²) in [6.45, 7) is 1.69. The van der Waals surface area contributed by atoms with Crippen LogP contribution in [-0.4, -0.2) is 46.5 Å². The van der Waals surface area contributed by atoms with Crippen molar-refractivity contribution in [2.75, 3.05) is 24.5 Å². The standard InChI is InChI=1S/C22H25N3O3/c26-20(25-14-18-7-4-10-22(18,16-25)21(27)28)15-24(19-8-2-1-3-9-19)13-17-6-5-11-23-12-17/h1-3,5-6,8-9,11-12,18H,4,7,10,13-16H2,(H,27,28)/t18-,22+/m0/s1. The van der Waals surface area contributed by atoms with Gasteiger partial charge < -0.3 is 14.9 Å². The quantitative estimate of drug-likeness (QED) is 0.835. The second-order valence-corrected chi connectivity index (χ2v) is 7.88. The zero-order valence-corrected chi connectivity index (χ0v) is 15.8. The van der Waals surface area contributed by atoms with E-state index < -0.39 is 11.4 Å². The van der Waals surface area contributed by atoms with Crippen LogP contribution in [0.25, 0.3) is 0 Å². The molecule has 28 heavy (non-hydrogen) atoms. The second-order valence-electron chi connectivity index (χ2n) is 7.88. The summed E-state index contributed by atoms with van der Waals surface area (Å²) in [5.74, 6) is -0.680. The predicted molar refractivity (Wildman–Crippen MR) is 106 cm³/mol. The highest BCUT2D eigenvalue weighted by molar-refractivity contribution is 5.84. The zero-order chi connectivity index (χ0) is 19.6. The number of nitrogens with zero attached hydrogens (tertiary/aromatic N) is 3. The SMILES string of the molecule is O=C(CN(Cc1cccnc1)c1ccccc1)N1C[C@@H]2CCC[C@@]2(C(=O)O)C1. The Kier molecular flexibility index (Phi) is 5.03. The van der Waals surface area contributed by atoms with Crippen molar-refractivity contribution >= 4 is 17.6 Å². The van der Waals surface area contributed by atoms with Gasteiger partial charge in [0.1, 0.15) is 0 Å². The van der Waals surface area contributed by atoms with E-state index in [2.05, 4.69) is 4.98 Å². The van der Waals surface area contributed by atoms with Crippen molar-refractivity contribution in [2.24, 2.45) is 11.3 Å². The highest BCUT2D eigenvalue weighted by atomic mass is 16.4. The average molecular weight is 379 g/mol. The van der Waals surface area contributed by atoms with Gasteiger partial charge in [-0.25, -0.2) is 0 Å². The van der Waals surface area contributed by atoms with E-state index in [1.54, 1.807) is 17.3 Å². The molecule has 2 aliphatic rings. The highest BCUT2D eigenvalue weighted by Crippen LogP contribution is 2.48. The van der Waals surface area contributed by atoms with E-state index in [0.29, 0.717) is 26.1 Å². The van der Waals surface area contributed by atoms with Crippen molar-refractivity contribution < 1.29 is 14.7 Å². The molecule has 1 saturated heterocycles. The molecule has 6 heteroatoms. The molecule has 0 radical (unpaired) electrons. The maximum absolute atomic E-state index is 13.1. The second kappa shape index (κ2) is 7.62. The molecule has 2 aromatic rings. The van der Waals surface area contributed by atoms with E-state index in [1.165, 1.54) is 0 Å². The van der Waals surface area contributed by atoms with Gasteiger partial charge in [0, 0.05) is 37.7 Å². The number of fused-ring (bicyclic) bond motifs is 1. The number of benzene rings is 1.